The van der Waals surface area contributed by atoms with Gasteiger partial charge < -0.3 is 5.32 Å². The van der Waals surface area contributed by atoms with Gasteiger partial charge in [0.05, 0.1) is 17.9 Å². The fourth-order valence-electron chi connectivity index (χ4n) is 1.77. The third-order valence-electron chi connectivity index (χ3n) is 3.02. The summed E-state index contributed by atoms with van der Waals surface area (Å²) in [6, 6.07) is 1.25. The van der Waals surface area contributed by atoms with Gasteiger partial charge in [0.15, 0.2) is 0 Å². The molecule has 1 aromatic rings. The van der Waals surface area contributed by atoms with E-state index in [2.05, 4.69) is 35.7 Å². The summed E-state index contributed by atoms with van der Waals surface area (Å²) in [6.07, 6.45) is 6.96. The molecular formula is C11H20N4. The number of rotatable bonds is 6. The minimum absolute atomic E-state index is 0.507. The summed E-state index contributed by atoms with van der Waals surface area (Å²) in [5.74, 6) is 0. The SMILES string of the molecule is CCC(CC)n1cc(CNC2CC2)nn1. The van der Waals surface area contributed by atoms with E-state index in [1.165, 1.54) is 12.8 Å². The molecule has 84 valence electrons. The van der Waals surface area contributed by atoms with Gasteiger partial charge in [0.1, 0.15) is 0 Å². The van der Waals surface area contributed by atoms with Crippen molar-refractivity contribution in [1.82, 2.24) is 20.3 Å². The minimum Gasteiger partial charge on any atom is -0.308 e. The van der Waals surface area contributed by atoms with Crippen molar-refractivity contribution >= 4 is 0 Å². The van der Waals surface area contributed by atoms with Crippen LogP contribution in [0.3, 0.4) is 0 Å². The number of nitrogens with zero attached hydrogens (tertiary/aromatic N) is 3. The predicted molar refractivity (Wildman–Crippen MR) is 59.5 cm³/mol. The van der Waals surface area contributed by atoms with Crippen molar-refractivity contribution in [3.8, 4) is 0 Å². The van der Waals surface area contributed by atoms with Gasteiger partial charge in [-0.25, -0.2) is 4.68 Å². The Morgan fingerprint density at radius 1 is 1.47 bits per heavy atom. The molecule has 0 atom stereocenters. The third kappa shape index (κ3) is 2.78. The molecule has 1 fully saturated rings. The molecule has 1 heterocycles. The van der Waals surface area contributed by atoms with Crippen LogP contribution in [0.4, 0.5) is 0 Å². The number of hydrogen-bond acceptors (Lipinski definition) is 3. The molecule has 0 spiro atoms. The van der Waals surface area contributed by atoms with E-state index in [9.17, 15) is 0 Å². The Balaban J connectivity index is 1.89. The van der Waals surface area contributed by atoms with Crippen molar-refractivity contribution in [2.24, 2.45) is 0 Å². The molecule has 15 heavy (non-hydrogen) atoms. The van der Waals surface area contributed by atoms with Gasteiger partial charge in [-0.2, -0.15) is 0 Å². The molecule has 0 aromatic carbocycles. The molecule has 1 saturated carbocycles. The second kappa shape index (κ2) is 4.75. The van der Waals surface area contributed by atoms with Crippen molar-refractivity contribution < 1.29 is 0 Å². The van der Waals surface area contributed by atoms with E-state index in [1.54, 1.807) is 0 Å². The monoisotopic (exact) mass is 208 g/mol. The fraction of sp³-hybridized carbons (Fsp3) is 0.818. The molecule has 0 radical (unpaired) electrons. The van der Waals surface area contributed by atoms with Crippen LogP contribution in [0.25, 0.3) is 0 Å². The van der Waals surface area contributed by atoms with Crippen LogP contribution in [0, 0.1) is 0 Å². The maximum Gasteiger partial charge on any atom is 0.0965 e. The molecule has 4 nitrogen and oxygen atoms in total. The van der Waals surface area contributed by atoms with Gasteiger partial charge >= 0.3 is 0 Å². The van der Waals surface area contributed by atoms with Crippen LogP contribution in [0.15, 0.2) is 6.20 Å². The molecule has 0 amide bonds. The van der Waals surface area contributed by atoms with Crippen molar-refractivity contribution in [3.63, 3.8) is 0 Å². The van der Waals surface area contributed by atoms with Gasteiger partial charge in [-0.15, -0.1) is 5.10 Å². The van der Waals surface area contributed by atoms with Crippen LogP contribution < -0.4 is 5.32 Å². The lowest BCUT2D eigenvalue weighted by Crippen LogP contribution is -2.15. The largest absolute Gasteiger partial charge is 0.308 e. The van der Waals surface area contributed by atoms with Crippen LogP contribution >= 0.6 is 0 Å². The summed E-state index contributed by atoms with van der Waals surface area (Å²) in [4.78, 5) is 0. The van der Waals surface area contributed by atoms with E-state index >= 15 is 0 Å². The average Bonchev–Trinajstić information content (AvgIpc) is 2.97. The first-order valence-corrected chi connectivity index (χ1v) is 5.97. The Kier molecular flexibility index (Phi) is 3.36. The lowest BCUT2D eigenvalue weighted by Gasteiger charge is -2.10. The molecule has 1 aromatic heterocycles. The first-order chi connectivity index (χ1) is 7.33. The van der Waals surface area contributed by atoms with E-state index in [0.717, 1.165) is 31.1 Å². The molecule has 4 heteroatoms. The highest BCUT2D eigenvalue weighted by molar-refractivity contribution is 4.95. The van der Waals surface area contributed by atoms with E-state index in [-0.39, 0.29) is 0 Å². The maximum absolute atomic E-state index is 4.18. The van der Waals surface area contributed by atoms with Crippen LogP contribution in [0.2, 0.25) is 0 Å². The van der Waals surface area contributed by atoms with Gasteiger partial charge in [0.25, 0.3) is 0 Å². The molecule has 1 aliphatic rings. The van der Waals surface area contributed by atoms with Crippen molar-refractivity contribution in [2.45, 2.75) is 58.2 Å². The second-order valence-corrected chi connectivity index (χ2v) is 4.32. The standard InChI is InChI=1S/C11H20N4/c1-3-11(4-2)15-8-10(13-14-15)7-12-9-5-6-9/h8-9,11-12H,3-7H2,1-2H3. The van der Waals surface area contributed by atoms with E-state index < -0.39 is 0 Å². The molecule has 0 saturated heterocycles. The lowest BCUT2D eigenvalue weighted by molar-refractivity contribution is 0.418. The highest BCUT2D eigenvalue weighted by Crippen LogP contribution is 2.19. The van der Waals surface area contributed by atoms with Crippen molar-refractivity contribution in [1.29, 1.82) is 0 Å². The molecule has 1 N–H and O–H groups in total. The zero-order valence-corrected chi connectivity index (χ0v) is 9.61. The van der Waals surface area contributed by atoms with Crippen molar-refractivity contribution in [3.05, 3.63) is 11.9 Å². The molecule has 0 bridgehead atoms. The molecule has 1 aliphatic carbocycles. The van der Waals surface area contributed by atoms with E-state index in [1.807, 2.05) is 4.68 Å². The van der Waals surface area contributed by atoms with Gasteiger partial charge in [-0.05, 0) is 25.7 Å². The van der Waals surface area contributed by atoms with Crippen molar-refractivity contribution in [2.75, 3.05) is 0 Å². The third-order valence-corrected chi connectivity index (χ3v) is 3.02. The predicted octanol–water partition coefficient (Wildman–Crippen LogP) is 1.89. The minimum atomic E-state index is 0.507. The van der Waals surface area contributed by atoms with Gasteiger partial charge in [-0.1, -0.05) is 19.1 Å². The molecule has 2 rings (SSSR count). The topological polar surface area (TPSA) is 42.7 Å². The smallest absolute Gasteiger partial charge is 0.0965 e. The summed E-state index contributed by atoms with van der Waals surface area (Å²) in [5, 5.41) is 11.8. The normalized spacial score (nSPS) is 16.2. The Morgan fingerprint density at radius 3 is 2.80 bits per heavy atom. The van der Waals surface area contributed by atoms with E-state index in [4.69, 9.17) is 0 Å². The van der Waals surface area contributed by atoms with Crippen LogP contribution in [0.1, 0.15) is 51.3 Å². The summed E-state index contributed by atoms with van der Waals surface area (Å²) in [7, 11) is 0. The lowest BCUT2D eigenvalue weighted by atomic mass is 10.2. The second-order valence-electron chi connectivity index (χ2n) is 4.32. The average molecular weight is 208 g/mol. The van der Waals surface area contributed by atoms with Gasteiger partial charge in [-0.3, -0.25) is 0 Å². The van der Waals surface area contributed by atoms with Crippen LogP contribution in [-0.4, -0.2) is 21.0 Å². The Bertz CT molecular complexity index is 299. The first-order valence-electron chi connectivity index (χ1n) is 5.97. The molecular weight excluding hydrogens is 188 g/mol. The quantitative estimate of drug-likeness (QED) is 0.776. The first kappa shape index (κ1) is 10.6. The van der Waals surface area contributed by atoms with Gasteiger partial charge in [0.2, 0.25) is 0 Å². The highest BCUT2D eigenvalue weighted by Gasteiger charge is 2.20. The Morgan fingerprint density at radius 2 is 2.20 bits per heavy atom. The number of nitrogens with one attached hydrogen (secondary N) is 1. The zero-order chi connectivity index (χ0) is 10.7. The summed E-state index contributed by atoms with van der Waals surface area (Å²) in [5.41, 5.74) is 1.06. The Labute approximate surface area is 91.1 Å². The maximum atomic E-state index is 4.18. The summed E-state index contributed by atoms with van der Waals surface area (Å²) in [6.45, 7) is 5.25. The zero-order valence-electron chi connectivity index (χ0n) is 9.61. The Hall–Kier alpha value is -0.900. The van der Waals surface area contributed by atoms with Gasteiger partial charge in [0, 0.05) is 12.6 Å². The van der Waals surface area contributed by atoms with Crippen LogP contribution in [0.5, 0.6) is 0 Å². The van der Waals surface area contributed by atoms with Crippen LogP contribution in [-0.2, 0) is 6.54 Å². The summed E-state index contributed by atoms with van der Waals surface area (Å²) >= 11 is 0. The molecule has 0 unspecified atom stereocenters. The number of hydrogen-bond donors (Lipinski definition) is 1. The fourth-order valence-corrected chi connectivity index (χ4v) is 1.77. The highest BCUT2D eigenvalue weighted by atomic mass is 15.4. The molecule has 0 aliphatic heterocycles. The van der Waals surface area contributed by atoms with E-state index in [0.29, 0.717) is 6.04 Å². The summed E-state index contributed by atoms with van der Waals surface area (Å²) < 4.78 is 2.00. The number of aromatic nitrogens is 3.